The molecule has 2 unspecified atom stereocenters. The lowest BCUT2D eigenvalue weighted by atomic mass is 9.85. The smallest absolute Gasteiger partial charge is 0.250 e. The zero-order valence-electron chi connectivity index (χ0n) is 12.7. The van der Waals surface area contributed by atoms with E-state index in [0.29, 0.717) is 22.5 Å². The van der Waals surface area contributed by atoms with Crippen LogP contribution in [0, 0.1) is 11.3 Å². The van der Waals surface area contributed by atoms with Gasteiger partial charge < -0.3 is 4.90 Å². The summed E-state index contributed by atoms with van der Waals surface area (Å²) in [5.41, 5.74) is 1.45. The Morgan fingerprint density at radius 1 is 1.42 bits per heavy atom. The van der Waals surface area contributed by atoms with Crippen LogP contribution >= 0.6 is 11.8 Å². The number of likely N-dealkylation sites (tertiary alicyclic amines) is 1. The van der Waals surface area contributed by atoms with Crippen LogP contribution in [0.25, 0.3) is 0 Å². The summed E-state index contributed by atoms with van der Waals surface area (Å²) < 4.78 is 0. The number of carbonyl (C=O) groups is 1. The fourth-order valence-electron chi connectivity index (χ4n) is 3.09. The highest BCUT2D eigenvalue weighted by Crippen LogP contribution is 2.39. The molecular formula is C16H27NOS. The van der Waals surface area contributed by atoms with Gasteiger partial charge >= 0.3 is 0 Å². The molecule has 1 amide bonds. The normalized spacial score (nSPS) is 30.9. The minimum atomic E-state index is 0.300. The van der Waals surface area contributed by atoms with E-state index in [1.807, 2.05) is 11.8 Å². The Bertz CT molecular complexity index is 375. The van der Waals surface area contributed by atoms with Crippen LogP contribution in [0.4, 0.5) is 0 Å². The maximum absolute atomic E-state index is 12.7. The van der Waals surface area contributed by atoms with Gasteiger partial charge in [-0.25, -0.2) is 0 Å². The second-order valence-corrected chi connectivity index (χ2v) is 7.87. The van der Waals surface area contributed by atoms with Gasteiger partial charge in [0.1, 0.15) is 0 Å². The molecule has 2 heterocycles. The lowest BCUT2D eigenvalue weighted by Gasteiger charge is -2.25. The molecule has 0 aromatic carbocycles. The van der Waals surface area contributed by atoms with Crippen LogP contribution in [0.15, 0.2) is 11.0 Å². The molecule has 0 saturated carbocycles. The molecule has 2 nitrogen and oxygen atoms in total. The number of hydrogen-bond acceptors (Lipinski definition) is 2. The van der Waals surface area contributed by atoms with E-state index in [2.05, 4.69) is 38.0 Å². The van der Waals surface area contributed by atoms with Gasteiger partial charge in [0.2, 0.25) is 0 Å². The Labute approximate surface area is 122 Å². The Morgan fingerprint density at radius 2 is 2.16 bits per heavy atom. The van der Waals surface area contributed by atoms with E-state index in [1.54, 1.807) is 0 Å². The third-order valence-electron chi connectivity index (χ3n) is 4.69. The summed E-state index contributed by atoms with van der Waals surface area (Å²) in [6.45, 7) is 10.9. The molecule has 0 radical (unpaired) electrons. The minimum absolute atomic E-state index is 0.300. The average Bonchev–Trinajstić information content (AvgIpc) is 2.63. The minimum Gasteiger partial charge on any atom is -0.339 e. The lowest BCUT2D eigenvalue weighted by molar-refractivity contribution is -0.127. The molecule has 108 valence electrons. The molecule has 0 spiro atoms. The van der Waals surface area contributed by atoms with Crippen LogP contribution in [0.3, 0.4) is 0 Å². The maximum atomic E-state index is 12.7. The molecule has 3 heteroatoms. The van der Waals surface area contributed by atoms with Crippen LogP contribution in [0.2, 0.25) is 0 Å². The Hall–Kier alpha value is -0.440. The van der Waals surface area contributed by atoms with Crippen LogP contribution in [-0.2, 0) is 4.79 Å². The van der Waals surface area contributed by atoms with Gasteiger partial charge in [-0.3, -0.25) is 4.79 Å². The van der Waals surface area contributed by atoms with E-state index in [4.69, 9.17) is 0 Å². The molecular weight excluding hydrogens is 254 g/mol. The van der Waals surface area contributed by atoms with Crippen LogP contribution in [0.5, 0.6) is 0 Å². The van der Waals surface area contributed by atoms with Crippen molar-refractivity contribution in [2.24, 2.45) is 11.3 Å². The standard InChI is InChI=1S/C16H27NOS/c1-5-14-12(2)13(11-19-14)15(18)17-9-6-7-16(3,4)8-10-17/h11-12,14H,5-10H2,1-4H3. The highest BCUT2D eigenvalue weighted by Gasteiger charge is 2.33. The quantitative estimate of drug-likeness (QED) is 0.760. The Morgan fingerprint density at radius 3 is 2.79 bits per heavy atom. The SMILES string of the molecule is CCC1SC=C(C(=O)N2CCCC(C)(C)CC2)C1C. The molecule has 2 rings (SSSR count). The number of carbonyl (C=O) groups excluding carboxylic acids is 1. The number of hydrogen-bond donors (Lipinski definition) is 0. The van der Waals surface area contributed by atoms with Gasteiger partial charge in [0.05, 0.1) is 0 Å². The van der Waals surface area contributed by atoms with Crippen LogP contribution in [0.1, 0.15) is 53.4 Å². The van der Waals surface area contributed by atoms with Gasteiger partial charge in [0.15, 0.2) is 0 Å². The monoisotopic (exact) mass is 281 g/mol. The first-order valence-electron chi connectivity index (χ1n) is 7.59. The van der Waals surface area contributed by atoms with Crippen molar-refractivity contribution in [2.75, 3.05) is 13.1 Å². The average molecular weight is 281 g/mol. The number of nitrogens with zero attached hydrogens (tertiary/aromatic N) is 1. The van der Waals surface area contributed by atoms with Crippen molar-refractivity contribution in [3.63, 3.8) is 0 Å². The molecule has 0 aromatic heterocycles. The molecule has 0 N–H and O–H groups in total. The van der Waals surface area contributed by atoms with Gasteiger partial charge in [0.25, 0.3) is 5.91 Å². The molecule has 2 aliphatic heterocycles. The predicted molar refractivity (Wildman–Crippen MR) is 83.1 cm³/mol. The fourth-order valence-corrected chi connectivity index (χ4v) is 4.30. The van der Waals surface area contributed by atoms with Gasteiger partial charge in [0, 0.05) is 23.9 Å². The van der Waals surface area contributed by atoms with Crippen molar-refractivity contribution in [2.45, 2.75) is 58.6 Å². The van der Waals surface area contributed by atoms with Crippen molar-refractivity contribution in [3.05, 3.63) is 11.0 Å². The number of amides is 1. The van der Waals surface area contributed by atoms with E-state index in [-0.39, 0.29) is 0 Å². The first-order valence-corrected chi connectivity index (χ1v) is 8.53. The Kier molecular flexibility index (Phi) is 4.65. The first-order chi connectivity index (χ1) is 8.94. The molecule has 1 saturated heterocycles. The number of rotatable bonds is 2. The van der Waals surface area contributed by atoms with Crippen molar-refractivity contribution < 1.29 is 4.79 Å². The topological polar surface area (TPSA) is 20.3 Å². The zero-order valence-corrected chi connectivity index (χ0v) is 13.6. The fraction of sp³-hybridized carbons (Fsp3) is 0.812. The molecule has 2 aliphatic rings. The van der Waals surface area contributed by atoms with E-state index >= 15 is 0 Å². The van der Waals surface area contributed by atoms with Gasteiger partial charge in [-0.2, -0.15) is 0 Å². The summed E-state index contributed by atoms with van der Waals surface area (Å²) >= 11 is 1.85. The number of thioether (sulfide) groups is 1. The van der Waals surface area contributed by atoms with Crippen LogP contribution in [-0.4, -0.2) is 29.1 Å². The third kappa shape index (κ3) is 3.36. The molecule has 0 aliphatic carbocycles. The van der Waals surface area contributed by atoms with Crippen molar-refractivity contribution >= 4 is 17.7 Å². The zero-order chi connectivity index (χ0) is 14.0. The first kappa shape index (κ1) is 15.0. The summed E-state index contributed by atoms with van der Waals surface area (Å²) in [7, 11) is 0. The summed E-state index contributed by atoms with van der Waals surface area (Å²) in [6.07, 6.45) is 4.65. The third-order valence-corrected chi connectivity index (χ3v) is 6.18. The second-order valence-electron chi connectivity index (χ2n) is 6.75. The van der Waals surface area contributed by atoms with Crippen molar-refractivity contribution in [3.8, 4) is 0 Å². The van der Waals surface area contributed by atoms with Crippen molar-refractivity contribution in [1.29, 1.82) is 0 Å². The Balaban J connectivity index is 2.01. The molecule has 0 aromatic rings. The van der Waals surface area contributed by atoms with E-state index in [0.717, 1.165) is 37.9 Å². The van der Waals surface area contributed by atoms with E-state index in [1.165, 1.54) is 6.42 Å². The van der Waals surface area contributed by atoms with E-state index in [9.17, 15) is 4.79 Å². The maximum Gasteiger partial charge on any atom is 0.250 e. The summed E-state index contributed by atoms with van der Waals surface area (Å²) in [4.78, 5) is 14.8. The largest absolute Gasteiger partial charge is 0.339 e. The molecule has 1 fully saturated rings. The van der Waals surface area contributed by atoms with Gasteiger partial charge in [-0.15, -0.1) is 11.8 Å². The molecule has 19 heavy (non-hydrogen) atoms. The highest BCUT2D eigenvalue weighted by atomic mass is 32.2. The highest BCUT2D eigenvalue weighted by molar-refractivity contribution is 8.03. The molecule has 2 atom stereocenters. The summed E-state index contributed by atoms with van der Waals surface area (Å²) in [5.74, 6) is 0.715. The van der Waals surface area contributed by atoms with Gasteiger partial charge in [-0.1, -0.05) is 27.7 Å². The van der Waals surface area contributed by atoms with Crippen molar-refractivity contribution in [1.82, 2.24) is 4.90 Å². The van der Waals surface area contributed by atoms with Crippen LogP contribution < -0.4 is 0 Å². The lowest BCUT2D eigenvalue weighted by Crippen LogP contribution is -2.35. The second kappa shape index (κ2) is 5.90. The summed E-state index contributed by atoms with van der Waals surface area (Å²) in [5, 5.41) is 2.72. The predicted octanol–water partition coefficient (Wildman–Crippen LogP) is 4.07. The molecule has 0 bridgehead atoms. The van der Waals surface area contributed by atoms with Gasteiger partial charge in [-0.05, 0) is 42.4 Å². The van der Waals surface area contributed by atoms with E-state index < -0.39 is 0 Å². The summed E-state index contributed by atoms with van der Waals surface area (Å²) in [6, 6.07) is 0.